The Morgan fingerprint density at radius 2 is 1.82 bits per heavy atom. The maximum absolute atomic E-state index is 12.9. The van der Waals surface area contributed by atoms with Crippen LogP contribution in [-0.2, 0) is 15.7 Å². The standard InChI is InChI=1S/C20H31OS/c1-15-14-18(17-8-4-3-5-9-17)10-11-19(15)20(21)16(2)22-12-6-7-13-22/h10-11,14-17,19H,3-9,12-13H2,1-2H3/q+1. The third-order valence-corrected chi connectivity index (χ3v) is 8.75. The number of carbonyl (C=O) groups is 1. The third kappa shape index (κ3) is 3.53. The molecule has 0 spiro atoms. The number of rotatable bonds is 4. The van der Waals surface area contributed by atoms with Crippen LogP contribution in [0, 0.1) is 17.8 Å². The molecule has 0 N–H and O–H groups in total. The minimum Gasteiger partial charge on any atom is -0.293 e. The number of Topliss-reactive ketones (excluding diaryl/α,β-unsaturated/α-hetero) is 1. The summed E-state index contributed by atoms with van der Waals surface area (Å²) in [4.78, 5) is 12.9. The van der Waals surface area contributed by atoms with Gasteiger partial charge in [0.05, 0.1) is 0 Å². The normalized spacial score (nSPS) is 32.0. The Labute approximate surface area is 139 Å². The van der Waals surface area contributed by atoms with Crippen LogP contribution in [0.25, 0.3) is 0 Å². The Bertz CT molecular complexity index is 452. The Hall–Kier alpha value is -0.500. The fourth-order valence-electron chi connectivity index (χ4n) is 4.38. The van der Waals surface area contributed by atoms with Gasteiger partial charge in [0, 0.05) is 5.92 Å². The van der Waals surface area contributed by atoms with E-state index in [-0.39, 0.29) is 11.2 Å². The van der Waals surface area contributed by atoms with Crippen molar-refractivity contribution in [2.75, 3.05) is 11.5 Å². The van der Waals surface area contributed by atoms with Crippen molar-refractivity contribution in [1.29, 1.82) is 0 Å². The highest BCUT2D eigenvalue weighted by atomic mass is 32.2. The van der Waals surface area contributed by atoms with E-state index in [1.807, 2.05) is 0 Å². The van der Waals surface area contributed by atoms with Crippen molar-refractivity contribution in [3.05, 3.63) is 23.8 Å². The van der Waals surface area contributed by atoms with E-state index >= 15 is 0 Å². The molecular formula is C20H31OS+. The van der Waals surface area contributed by atoms with Gasteiger partial charge in [-0.2, -0.15) is 0 Å². The van der Waals surface area contributed by atoms with E-state index in [0.717, 1.165) is 5.92 Å². The first-order valence-electron chi connectivity index (χ1n) is 9.27. The molecule has 1 heterocycles. The highest BCUT2D eigenvalue weighted by Gasteiger charge is 2.39. The molecule has 1 nitrogen and oxygen atoms in total. The van der Waals surface area contributed by atoms with Crippen molar-refractivity contribution in [2.45, 2.75) is 64.0 Å². The Morgan fingerprint density at radius 1 is 1.14 bits per heavy atom. The van der Waals surface area contributed by atoms with Crippen LogP contribution >= 0.6 is 0 Å². The van der Waals surface area contributed by atoms with E-state index in [4.69, 9.17) is 0 Å². The SMILES string of the molecule is CC1C=C(C2CCCCC2)C=CC1C(=O)C(C)[S+]1CCCC1. The maximum Gasteiger partial charge on any atom is 0.191 e. The summed E-state index contributed by atoms with van der Waals surface area (Å²) < 4.78 is 0. The lowest BCUT2D eigenvalue weighted by Crippen LogP contribution is -2.36. The average molecular weight is 320 g/mol. The molecule has 1 saturated carbocycles. The van der Waals surface area contributed by atoms with E-state index in [1.54, 1.807) is 0 Å². The molecule has 0 amide bonds. The molecule has 3 rings (SSSR count). The van der Waals surface area contributed by atoms with Gasteiger partial charge in [0.25, 0.3) is 0 Å². The molecule has 22 heavy (non-hydrogen) atoms. The number of carbonyl (C=O) groups excluding carboxylic acids is 1. The molecule has 2 heteroatoms. The van der Waals surface area contributed by atoms with Crippen molar-refractivity contribution >= 4 is 16.7 Å². The Balaban J connectivity index is 1.63. The number of hydrogen-bond acceptors (Lipinski definition) is 1. The third-order valence-electron chi connectivity index (χ3n) is 5.89. The quantitative estimate of drug-likeness (QED) is 0.687. The predicted molar refractivity (Wildman–Crippen MR) is 97.3 cm³/mol. The van der Waals surface area contributed by atoms with Gasteiger partial charge in [-0.25, -0.2) is 0 Å². The van der Waals surface area contributed by atoms with Crippen molar-refractivity contribution in [2.24, 2.45) is 17.8 Å². The van der Waals surface area contributed by atoms with E-state index in [2.05, 4.69) is 32.1 Å². The van der Waals surface area contributed by atoms with E-state index < -0.39 is 0 Å². The summed E-state index contributed by atoms with van der Waals surface area (Å²) in [5.41, 5.74) is 1.52. The zero-order valence-electron chi connectivity index (χ0n) is 14.2. The van der Waals surface area contributed by atoms with Crippen LogP contribution in [0.4, 0.5) is 0 Å². The first kappa shape index (κ1) is 16.4. The van der Waals surface area contributed by atoms with Gasteiger partial charge in [-0.15, -0.1) is 0 Å². The summed E-state index contributed by atoms with van der Waals surface area (Å²) in [5, 5.41) is 0.282. The van der Waals surface area contributed by atoms with Gasteiger partial charge in [-0.05, 0) is 60.9 Å². The first-order valence-corrected chi connectivity index (χ1v) is 10.9. The van der Waals surface area contributed by atoms with Crippen LogP contribution in [0.15, 0.2) is 23.8 Å². The van der Waals surface area contributed by atoms with Crippen LogP contribution in [0.3, 0.4) is 0 Å². The second-order valence-corrected chi connectivity index (χ2v) is 10.0. The fraction of sp³-hybridized carbons (Fsp3) is 0.750. The summed E-state index contributed by atoms with van der Waals surface area (Å²) in [6.07, 6.45) is 16.5. The zero-order chi connectivity index (χ0) is 15.5. The highest BCUT2D eigenvalue weighted by molar-refractivity contribution is 7.98. The highest BCUT2D eigenvalue weighted by Crippen LogP contribution is 2.36. The van der Waals surface area contributed by atoms with Gasteiger partial charge in [0.15, 0.2) is 11.0 Å². The lowest BCUT2D eigenvalue weighted by molar-refractivity contribution is -0.121. The van der Waals surface area contributed by atoms with E-state index in [1.165, 1.54) is 62.0 Å². The number of ketones is 1. The zero-order valence-corrected chi connectivity index (χ0v) is 15.0. The second kappa shape index (κ2) is 7.38. The maximum atomic E-state index is 12.9. The van der Waals surface area contributed by atoms with E-state index in [0.29, 0.717) is 22.6 Å². The van der Waals surface area contributed by atoms with Crippen LogP contribution < -0.4 is 0 Å². The van der Waals surface area contributed by atoms with Crippen molar-refractivity contribution in [1.82, 2.24) is 0 Å². The first-order chi connectivity index (χ1) is 10.7. The smallest absolute Gasteiger partial charge is 0.191 e. The molecule has 0 aromatic rings. The molecule has 0 radical (unpaired) electrons. The number of allylic oxidation sites excluding steroid dienone is 4. The summed E-state index contributed by atoms with van der Waals surface area (Å²) in [6.45, 7) is 4.44. The monoisotopic (exact) mass is 319 g/mol. The second-order valence-electron chi connectivity index (χ2n) is 7.44. The topological polar surface area (TPSA) is 17.1 Å². The lowest BCUT2D eigenvalue weighted by atomic mass is 9.76. The van der Waals surface area contributed by atoms with Crippen LogP contribution in [0.2, 0.25) is 0 Å². The van der Waals surface area contributed by atoms with Crippen LogP contribution in [0.1, 0.15) is 58.8 Å². The molecule has 0 bridgehead atoms. The van der Waals surface area contributed by atoms with Crippen molar-refractivity contribution in [3.63, 3.8) is 0 Å². The number of hydrogen-bond donors (Lipinski definition) is 0. The minimum atomic E-state index is 0.135. The lowest BCUT2D eigenvalue weighted by Gasteiger charge is -2.29. The Morgan fingerprint density at radius 3 is 2.45 bits per heavy atom. The molecule has 122 valence electrons. The van der Waals surface area contributed by atoms with Gasteiger partial charge in [0.1, 0.15) is 11.5 Å². The van der Waals surface area contributed by atoms with Gasteiger partial charge in [0.2, 0.25) is 0 Å². The van der Waals surface area contributed by atoms with Crippen molar-refractivity contribution < 1.29 is 4.79 Å². The minimum absolute atomic E-state index is 0.135. The van der Waals surface area contributed by atoms with Crippen LogP contribution in [0.5, 0.6) is 0 Å². The summed E-state index contributed by atoms with van der Waals surface area (Å²) in [6, 6.07) is 0. The molecule has 2 fully saturated rings. The molecule has 1 aliphatic heterocycles. The molecule has 2 aliphatic carbocycles. The van der Waals surface area contributed by atoms with Gasteiger partial charge < -0.3 is 0 Å². The van der Waals surface area contributed by atoms with Crippen LogP contribution in [-0.4, -0.2) is 22.5 Å². The fourth-order valence-corrected chi connectivity index (χ4v) is 6.93. The summed E-state index contributed by atoms with van der Waals surface area (Å²) >= 11 is 0. The summed E-state index contributed by atoms with van der Waals surface area (Å²) in [5.74, 6) is 4.38. The molecule has 0 aromatic heterocycles. The van der Waals surface area contributed by atoms with Crippen molar-refractivity contribution in [3.8, 4) is 0 Å². The molecule has 3 unspecified atom stereocenters. The van der Waals surface area contributed by atoms with Gasteiger partial charge in [-0.1, -0.05) is 44.4 Å². The molecule has 3 atom stereocenters. The van der Waals surface area contributed by atoms with E-state index in [9.17, 15) is 4.79 Å². The summed E-state index contributed by atoms with van der Waals surface area (Å²) in [7, 11) is 0.364. The largest absolute Gasteiger partial charge is 0.293 e. The van der Waals surface area contributed by atoms with Gasteiger partial charge >= 0.3 is 0 Å². The predicted octanol–water partition coefficient (Wildman–Crippen LogP) is 4.68. The average Bonchev–Trinajstić information content (AvgIpc) is 3.09. The van der Waals surface area contributed by atoms with Gasteiger partial charge in [-0.3, -0.25) is 4.79 Å². The molecule has 0 aromatic carbocycles. The molecule has 1 saturated heterocycles. The Kier molecular flexibility index (Phi) is 5.49. The molecular weight excluding hydrogens is 288 g/mol. The molecule has 3 aliphatic rings.